The first kappa shape index (κ1) is 24.4. The topological polar surface area (TPSA) is 94.3 Å². The van der Waals surface area contributed by atoms with Gasteiger partial charge in [-0.1, -0.05) is 25.0 Å². The van der Waals surface area contributed by atoms with Crippen molar-refractivity contribution in [2.45, 2.75) is 56.9 Å². The predicted molar refractivity (Wildman–Crippen MR) is 137 cm³/mol. The van der Waals surface area contributed by atoms with Crippen molar-refractivity contribution in [3.63, 3.8) is 0 Å². The maximum Gasteiger partial charge on any atom is 0.243 e. The van der Waals surface area contributed by atoms with Gasteiger partial charge in [0.2, 0.25) is 15.9 Å². The first-order valence-corrected chi connectivity index (χ1v) is 13.5. The first-order chi connectivity index (χ1) is 16.4. The van der Waals surface area contributed by atoms with Gasteiger partial charge in [0.05, 0.1) is 11.4 Å². The Kier molecular flexibility index (Phi) is 7.70. The van der Waals surface area contributed by atoms with Crippen molar-refractivity contribution in [2.75, 3.05) is 25.0 Å². The third kappa shape index (κ3) is 5.51. The Hall–Kier alpha value is -2.68. The summed E-state index contributed by atoms with van der Waals surface area (Å²) in [5.74, 6) is -0.160. The van der Waals surface area contributed by atoms with Gasteiger partial charge in [0.15, 0.2) is 0 Å². The Morgan fingerprint density at radius 1 is 1.15 bits per heavy atom. The number of rotatable bonds is 9. The normalized spacial score (nSPS) is 17.2. The van der Waals surface area contributed by atoms with Crippen LogP contribution in [0, 0.1) is 6.92 Å². The maximum atomic E-state index is 13.1. The van der Waals surface area contributed by atoms with Gasteiger partial charge in [-0.15, -0.1) is 0 Å². The molecule has 3 N–H and O–H groups in total. The highest BCUT2D eigenvalue weighted by atomic mass is 32.2. The zero-order chi connectivity index (χ0) is 24.1. The van der Waals surface area contributed by atoms with Crippen LogP contribution in [0.4, 0.5) is 5.69 Å². The van der Waals surface area contributed by atoms with Crippen molar-refractivity contribution in [3.8, 4) is 0 Å². The molecule has 1 amide bonds. The van der Waals surface area contributed by atoms with E-state index in [1.807, 2.05) is 13.1 Å². The van der Waals surface area contributed by atoms with Gasteiger partial charge in [0.25, 0.3) is 0 Å². The molecule has 1 aliphatic rings. The third-order valence-electron chi connectivity index (χ3n) is 6.57. The molecule has 3 aromatic rings. The second kappa shape index (κ2) is 10.7. The summed E-state index contributed by atoms with van der Waals surface area (Å²) >= 11 is 0. The van der Waals surface area contributed by atoms with E-state index in [9.17, 15) is 13.2 Å². The number of piperidine rings is 1. The Bertz CT molecular complexity index is 1230. The molecule has 182 valence electrons. The van der Waals surface area contributed by atoms with Crippen LogP contribution in [-0.2, 0) is 21.2 Å². The number of sulfonamides is 1. The number of carbonyl (C=O) groups is 1. The molecular weight excluding hydrogens is 448 g/mol. The van der Waals surface area contributed by atoms with Crippen LogP contribution in [0.2, 0.25) is 0 Å². The van der Waals surface area contributed by atoms with E-state index in [1.165, 1.54) is 16.5 Å². The third-order valence-corrected chi connectivity index (χ3v) is 8.53. The van der Waals surface area contributed by atoms with Crippen LogP contribution in [0.1, 0.15) is 43.7 Å². The van der Waals surface area contributed by atoms with Crippen LogP contribution >= 0.6 is 0 Å². The van der Waals surface area contributed by atoms with E-state index in [0.29, 0.717) is 18.8 Å². The molecule has 0 aliphatic carbocycles. The SMILES string of the molecule is CCC1CCCCN1S(=O)(=O)c1ccc(NC(=O)CNCCc2c[nH]c3ccc(C)cc23)cc1. The molecule has 1 aromatic heterocycles. The Labute approximate surface area is 202 Å². The number of nitrogens with zero attached hydrogens (tertiary/aromatic N) is 1. The average molecular weight is 483 g/mol. The summed E-state index contributed by atoms with van der Waals surface area (Å²) in [6.07, 6.45) is 6.55. The highest BCUT2D eigenvalue weighted by Gasteiger charge is 2.32. The number of aromatic nitrogens is 1. The minimum absolute atomic E-state index is 0.0671. The van der Waals surface area contributed by atoms with Crippen molar-refractivity contribution < 1.29 is 13.2 Å². The monoisotopic (exact) mass is 482 g/mol. The van der Waals surface area contributed by atoms with Crippen molar-refractivity contribution >= 4 is 32.5 Å². The summed E-state index contributed by atoms with van der Waals surface area (Å²) in [6, 6.07) is 12.9. The fraction of sp³-hybridized carbons (Fsp3) is 0.423. The molecule has 1 aliphatic heterocycles. The van der Waals surface area contributed by atoms with E-state index in [-0.39, 0.29) is 23.4 Å². The zero-order valence-electron chi connectivity index (χ0n) is 19.9. The summed E-state index contributed by atoms with van der Waals surface area (Å²) in [6.45, 7) is 5.55. The highest BCUT2D eigenvalue weighted by Crippen LogP contribution is 2.27. The van der Waals surface area contributed by atoms with E-state index in [2.05, 4.69) is 40.7 Å². The number of hydrogen-bond donors (Lipinski definition) is 3. The summed E-state index contributed by atoms with van der Waals surface area (Å²) in [4.78, 5) is 15.9. The number of H-pyrrole nitrogens is 1. The number of aryl methyl sites for hydroxylation is 1. The van der Waals surface area contributed by atoms with Crippen LogP contribution in [0.25, 0.3) is 10.9 Å². The molecular formula is C26H34N4O3S. The molecule has 34 heavy (non-hydrogen) atoms. The van der Waals surface area contributed by atoms with Crippen LogP contribution in [0.15, 0.2) is 53.6 Å². The highest BCUT2D eigenvalue weighted by molar-refractivity contribution is 7.89. The Morgan fingerprint density at radius 2 is 1.94 bits per heavy atom. The zero-order valence-corrected chi connectivity index (χ0v) is 20.7. The van der Waals surface area contributed by atoms with Crippen molar-refractivity contribution in [3.05, 3.63) is 59.8 Å². The van der Waals surface area contributed by atoms with Crippen molar-refractivity contribution in [2.24, 2.45) is 0 Å². The quantitative estimate of drug-likeness (QED) is 0.399. The van der Waals surface area contributed by atoms with Gasteiger partial charge < -0.3 is 15.6 Å². The first-order valence-electron chi connectivity index (χ1n) is 12.1. The second-order valence-corrected chi connectivity index (χ2v) is 10.9. The van der Waals surface area contributed by atoms with Gasteiger partial charge in [-0.2, -0.15) is 4.31 Å². The lowest BCUT2D eigenvalue weighted by Gasteiger charge is -2.34. The second-order valence-electron chi connectivity index (χ2n) is 9.04. The number of nitrogens with one attached hydrogen (secondary N) is 3. The van der Waals surface area contributed by atoms with Crippen LogP contribution in [0.5, 0.6) is 0 Å². The molecule has 7 nitrogen and oxygen atoms in total. The average Bonchev–Trinajstić information content (AvgIpc) is 3.24. The van der Waals surface area contributed by atoms with E-state index in [1.54, 1.807) is 28.6 Å². The van der Waals surface area contributed by atoms with Crippen LogP contribution in [0.3, 0.4) is 0 Å². The molecule has 0 bridgehead atoms. The maximum absolute atomic E-state index is 13.1. The minimum Gasteiger partial charge on any atom is -0.361 e. The molecule has 1 unspecified atom stereocenters. The molecule has 8 heteroatoms. The van der Waals surface area contributed by atoms with E-state index in [4.69, 9.17) is 0 Å². The fourth-order valence-corrected chi connectivity index (χ4v) is 6.44. The van der Waals surface area contributed by atoms with E-state index < -0.39 is 10.0 Å². The van der Waals surface area contributed by atoms with Crippen molar-refractivity contribution in [1.82, 2.24) is 14.6 Å². The molecule has 2 aromatic carbocycles. The summed E-state index contributed by atoms with van der Waals surface area (Å²) in [5, 5.41) is 7.24. The van der Waals surface area contributed by atoms with Gasteiger partial charge in [0, 0.05) is 35.4 Å². The number of amides is 1. The number of benzene rings is 2. The Balaban J connectivity index is 1.27. The summed E-state index contributed by atoms with van der Waals surface area (Å²) < 4.78 is 27.8. The van der Waals surface area contributed by atoms with Gasteiger partial charge in [0.1, 0.15) is 0 Å². The van der Waals surface area contributed by atoms with Crippen LogP contribution in [-0.4, -0.2) is 49.3 Å². The number of anilines is 1. The molecule has 4 rings (SSSR count). The van der Waals surface area contributed by atoms with Gasteiger partial charge in [-0.05, 0) is 81.1 Å². The molecule has 0 radical (unpaired) electrons. The van der Waals surface area contributed by atoms with E-state index >= 15 is 0 Å². The number of fused-ring (bicyclic) bond motifs is 1. The summed E-state index contributed by atoms with van der Waals surface area (Å²) in [5.41, 5.74) is 4.15. The molecule has 1 atom stereocenters. The minimum atomic E-state index is -3.52. The van der Waals surface area contributed by atoms with Gasteiger partial charge in [-0.3, -0.25) is 4.79 Å². The fourth-order valence-electron chi connectivity index (χ4n) is 4.67. The van der Waals surface area contributed by atoms with E-state index in [0.717, 1.165) is 37.6 Å². The lowest BCUT2D eigenvalue weighted by molar-refractivity contribution is -0.115. The Morgan fingerprint density at radius 3 is 2.71 bits per heavy atom. The van der Waals surface area contributed by atoms with Gasteiger partial charge >= 0.3 is 0 Å². The smallest absolute Gasteiger partial charge is 0.243 e. The molecule has 0 saturated carbocycles. The lowest BCUT2D eigenvalue weighted by atomic mass is 10.0. The van der Waals surface area contributed by atoms with Crippen LogP contribution < -0.4 is 10.6 Å². The lowest BCUT2D eigenvalue weighted by Crippen LogP contribution is -2.43. The number of carbonyl (C=O) groups excluding carboxylic acids is 1. The standard InChI is InChI=1S/C26H34N4O3S/c1-3-22-6-4-5-15-30(22)34(32,33)23-10-8-21(9-11-23)29-26(31)18-27-14-13-20-17-28-25-12-7-19(2)16-24(20)25/h7-12,16-17,22,27-28H,3-6,13-15,18H2,1-2H3,(H,29,31). The molecule has 1 fully saturated rings. The molecule has 1 saturated heterocycles. The number of hydrogen-bond acceptors (Lipinski definition) is 4. The predicted octanol–water partition coefficient (Wildman–Crippen LogP) is 4.20. The molecule has 0 spiro atoms. The number of aromatic amines is 1. The van der Waals surface area contributed by atoms with Gasteiger partial charge in [-0.25, -0.2) is 8.42 Å². The van der Waals surface area contributed by atoms with Crippen molar-refractivity contribution in [1.29, 1.82) is 0 Å². The summed E-state index contributed by atoms with van der Waals surface area (Å²) in [7, 11) is -3.52. The largest absolute Gasteiger partial charge is 0.361 e. The molecule has 2 heterocycles.